The van der Waals surface area contributed by atoms with E-state index in [0.717, 1.165) is 30.1 Å². The van der Waals surface area contributed by atoms with Crippen LogP contribution >= 0.6 is 11.8 Å². The van der Waals surface area contributed by atoms with Gasteiger partial charge < -0.3 is 9.73 Å². The first-order valence-electron chi connectivity index (χ1n) is 9.15. The molecule has 25 heavy (non-hydrogen) atoms. The number of amides is 1. The molecule has 0 spiro atoms. The van der Waals surface area contributed by atoms with Crippen LogP contribution in [0.2, 0.25) is 0 Å². The van der Waals surface area contributed by atoms with Gasteiger partial charge in [-0.1, -0.05) is 43.9 Å². The lowest BCUT2D eigenvalue weighted by molar-refractivity contribution is -0.118. The Morgan fingerprint density at radius 2 is 2.04 bits per heavy atom. The number of carbonyl (C=O) groups excluding carboxylic acids is 1. The highest BCUT2D eigenvalue weighted by atomic mass is 32.2. The number of thioether (sulfide) groups is 1. The topological polar surface area (TPSA) is 55.1 Å². The molecule has 2 aromatic rings. The van der Waals surface area contributed by atoms with E-state index >= 15 is 0 Å². The quantitative estimate of drug-likeness (QED) is 0.662. The summed E-state index contributed by atoms with van der Waals surface area (Å²) in [5.41, 5.74) is 1.84. The molecule has 1 fully saturated rings. The summed E-state index contributed by atoms with van der Waals surface area (Å²) in [6.45, 7) is 0.804. The van der Waals surface area contributed by atoms with Gasteiger partial charge in [0.2, 0.25) is 11.8 Å². The van der Waals surface area contributed by atoms with E-state index in [0.29, 0.717) is 17.4 Å². The van der Waals surface area contributed by atoms with E-state index < -0.39 is 0 Å². The number of oxazole rings is 1. The van der Waals surface area contributed by atoms with Crippen LogP contribution in [0.1, 0.15) is 44.2 Å². The highest BCUT2D eigenvalue weighted by molar-refractivity contribution is 7.99. The fourth-order valence-corrected chi connectivity index (χ4v) is 4.03. The van der Waals surface area contributed by atoms with Crippen LogP contribution in [0.25, 0.3) is 11.5 Å². The summed E-state index contributed by atoms with van der Waals surface area (Å²) in [6, 6.07) is 9.84. The van der Waals surface area contributed by atoms with Gasteiger partial charge in [-0.25, -0.2) is 4.98 Å². The van der Waals surface area contributed by atoms with Crippen molar-refractivity contribution in [1.29, 1.82) is 0 Å². The van der Waals surface area contributed by atoms with Crippen molar-refractivity contribution in [2.45, 2.75) is 44.3 Å². The van der Waals surface area contributed by atoms with Crippen LogP contribution in [0.5, 0.6) is 0 Å². The van der Waals surface area contributed by atoms with Crippen molar-refractivity contribution in [3.63, 3.8) is 0 Å². The largest absolute Gasteiger partial charge is 0.444 e. The van der Waals surface area contributed by atoms with Gasteiger partial charge in [-0.15, -0.1) is 11.8 Å². The summed E-state index contributed by atoms with van der Waals surface area (Å²) >= 11 is 1.57. The van der Waals surface area contributed by atoms with Crippen LogP contribution in [0, 0.1) is 5.92 Å². The van der Waals surface area contributed by atoms with Crippen molar-refractivity contribution in [1.82, 2.24) is 10.3 Å². The summed E-state index contributed by atoms with van der Waals surface area (Å²) in [5, 5.41) is 3.02. The number of benzene rings is 1. The molecule has 1 aromatic heterocycles. The van der Waals surface area contributed by atoms with Crippen LogP contribution < -0.4 is 5.32 Å². The molecular formula is C20H26N2O2S. The van der Waals surface area contributed by atoms with Crippen LogP contribution in [-0.4, -0.2) is 23.2 Å². The summed E-state index contributed by atoms with van der Waals surface area (Å²) < 4.78 is 5.51. The molecule has 1 N–H and O–H groups in total. The van der Waals surface area contributed by atoms with Crippen LogP contribution in [0.15, 0.2) is 41.0 Å². The Bertz CT molecular complexity index is 651. The van der Waals surface area contributed by atoms with E-state index in [4.69, 9.17) is 4.42 Å². The van der Waals surface area contributed by atoms with Crippen molar-refractivity contribution in [3.05, 3.63) is 42.3 Å². The normalized spacial score (nSPS) is 14.7. The van der Waals surface area contributed by atoms with Crippen molar-refractivity contribution in [2.75, 3.05) is 12.3 Å². The number of hydrogen-bond donors (Lipinski definition) is 1. The monoisotopic (exact) mass is 358 g/mol. The van der Waals surface area contributed by atoms with Crippen molar-refractivity contribution in [3.8, 4) is 11.5 Å². The Morgan fingerprint density at radius 1 is 1.24 bits per heavy atom. The van der Waals surface area contributed by atoms with Gasteiger partial charge in [0, 0.05) is 17.9 Å². The Kier molecular flexibility index (Phi) is 6.98. The highest BCUT2D eigenvalue weighted by Gasteiger charge is 2.14. The Hall–Kier alpha value is -1.75. The Morgan fingerprint density at radius 3 is 2.84 bits per heavy atom. The molecule has 0 atom stereocenters. The number of nitrogens with one attached hydrogen (secondary N) is 1. The zero-order valence-corrected chi connectivity index (χ0v) is 15.4. The standard InChI is InChI=1S/C20H26N2O2S/c23-19(21-12-6-9-16-7-4-5-8-16)15-25-14-18-13-24-20(22-18)17-10-2-1-3-11-17/h1-3,10-11,13,16H,4-9,12,14-15H2,(H,21,23). The molecule has 1 aliphatic carbocycles. The average molecular weight is 359 g/mol. The summed E-state index contributed by atoms with van der Waals surface area (Å²) in [4.78, 5) is 16.4. The fraction of sp³-hybridized carbons (Fsp3) is 0.500. The predicted molar refractivity (Wildman–Crippen MR) is 102 cm³/mol. The molecule has 4 nitrogen and oxygen atoms in total. The third-order valence-corrected chi connectivity index (χ3v) is 5.61. The average Bonchev–Trinajstić information content (AvgIpc) is 3.31. The summed E-state index contributed by atoms with van der Waals surface area (Å²) in [5.74, 6) is 2.80. The maximum absolute atomic E-state index is 11.9. The van der Waals surface area contributed by atoms with E-state index in [-0.39, 0.29) is 5.91 Å². The first kappa shape index (κ1) is 18.1. The molecule has 0 aliphatic heterocycles. The van der Waals surface area contributed by atoms with Gasteiger partial charge in [0.25, 0.3) is 0 Å². The molecule has 0 radical (unpaired) electrons. The van der Waals surface area contributed by atoms with Crippen LogP contribution in [0.3, 0.4) is 0 Å². The highest BCUT2D eigenvalue weighted by Crippen LogP contribution is 2.28. The minimum absolute atomic E-state index is 0.114. The van der Waals surface area contributed by atoms with Crippen molar-refractivity contribution in [2.24, 2.45) is 5.92 Å². The number of hydrogen-bond acceptors (Lipinski definition) is 4. The minimum Gasteiger partial charge on any atom is -0.444 e. The van der Waals surface area contributed by atoms with Gasteiger partial charge in [-0.05, 0) is 30.9 Å². The number of rotatable bonds is 9. The second kappa shape index (κ2) is 9.66. The van der Waals surface area contributed by atoms with Crippen LogP contribution in [-0.2, 0) is 10.5 Å². The molecule has 3 rings (SSSR count). The first-order chi connectivity index (χ1) is 12.3. The molecule has 0 saturated heterocycles. The van der Waals surface area contributed by atoms with E-state index in [1.54, 1.807) is 18.0 Å². The van der Waals surface area contributed by atoms with E-state index in [2.05, 4.69) is 10.3 Å². The minimum atomic E-state index is 0.114. The molecule has 0 bridgehead atoms. The number of aromatic nitrogens is 1. The smallest absolute Gasteiger partial charge is 0.230 e. The van der Waals surface area contributed by atoms with Gasteiger partial charge in [0.1, 0.15) is 6.26 Å². The maximum atomic E-state index is 11.9. The fourth-order valence-electron chi connectivity index (χ4n) is 3.30. The van der Waals surface area contributed by atoms with E-state index in [9.17, 15) is 4.79 Å². The predicted octanol–water partition coefficient (Wildman–Crippen LogP) is 4.66. The lowest BCUT2D eigenvalue weighted by atomic mass is 10.0. The number of nitrogens with zero attached hydrogens (tertiary/aromatic N) is 1. The molecule has 1 saturated carbocycles. The zero-order valence-electron chi connectivity index (χ0n) is 14.6. The Labute approximate surface area is 153 Å². The molecule has 1 aliphatic rings. The summed E-state index contributed by atoms with van der Waals surface area (Å²) in [6.07, 6.45) is 9.58. The van der Waals surface area contributed by atoms with Crippen molar-refractivity contribution >= 4 is 17.7 Å². The zero-order chi connectivity index (χ0) is 17.3. The third kappa shape index (κ3) is 5.92. The molecular weight excluding hydrogens is 332 g/mol. The lowest BCUT2D eigenvalue weighted by Crippen LogP contribution is -2.26. The van der Waals surface area contributed by atoms with E-state index in [1.807, 2.05) is 30.3 Å². The molecule has 134 valence electrons. The molecule has 1 heterocycles. The molecule has 5 heteroatoms. The molecule has 1 amide bonds. The van der Waals surface area contributed by atoms with Gasteiger partial charge >= 0.3 is 0 Å². The van der Waals surface area contributed by atoms with Gasteiger partial charge in [0.15, 0.2) is 0 Å². The second-order valence-electron chi connectivity index (χ2n) is 6.65. The maximum Gasteiger partial charge on any atom is 0.230 e. The van der Waals surface area contributed by atoms with Gasteiger partial charge in [0.05, 0.1) is 11.4 Å². The second-order valence-corrected chi connectivity index (χ2v) is 7.63. The van der Waals surface area contributed by atoms with E-state index in [1.165, 1.54) is 32.1 Å². The first-order valence-corrected chi connectivity index (χ1v) is 10.3. The van der Waals surface area contributed by atoms with Gasteiger partial charge in [-0.3, -0.25) is 4.79 Å². The molecule has 1 aromatic carbocycles. The number of carbonyl (C=O) groups is 1. The van der Waals surface area contributed by atoms with Crippen LogP contribution in [0.4, 0.5) is 0 Å². The third-order valence-electron chi connectivity index (χ3n) is 4.64. The lowest BCUT2D eigenvalue weighted by Gasteiger charge is -2.09. The van der Waals surface area contributed by atoms with Gasteiger partial charge in [-0.2, -0.15) is 0 Å². The Balaban J connectivity index is 1.30. The van der Waals surface area contributed by atoms with Crippen molar-refractivity contribution < 1.29 is 9.21 Å². The molecule has 0 unspecified atom stereocenters. The SMILES string of the molecule is O=C(CSCc1coc(-c2ccccc2)n1)NCCCC1CCCC1. The summed E-state index contributed by atoms with van der Waals surface area (Å²) in [7, 11) is 0.